The van der Waals surface area contributed by atoms with E-state index in [0.717, 1.165) is 6.20 Å². The van der Waals surface area contributed by atoms with Crippen LogP contribution >= 0.6 is 11.8 Å². The Kier molecular flexibility index (Phi) is 8.71. The Labute approximate surface area is 212 Å². The summed E-state index contributed by atoms with van der Waals surface area (Å²) in [6.07, 6.45) is 2.88. The van der Waals surface area contributed by atoms with Gasteiger partial charge >= 0.3 is 5.97 Å². The van der Waals surface area contributed by atoms with Crippen LogP contribution in [0.2, 0.25) is 0 Å². The fraction of sp³-hybridized carbons (Fsp3) is 0.423. The number of aliphatic hydroxyl groups excluding tert-OH is 1. The van der Waals surface area contributed by atoms with Crippen LogP contribution in [0.4, 0.5) is 8.78 Å². The second kappa shape index (κ2) is 11.9. The van der Waals surface area contributed by atoms with Gasteiger partial charge in [0.2, 0.25) is 0 Å². The number of carboxylic acids is 1. The van der Waals surface area contributed by atoms with E-state index in [1.165, 1.54) is 24.9 Å². The highest BCUT2D eigenvalue weighted by Gasteiger charge is 2.34. The normalized spacial score (nSPS) is 19.3. The summed E-state index contributed by atoms with van der Waals surface area (Å²) in [4.78, 5) is 22.2. The Morgan fingerprint density at radius 2 is 2.11 bits per heavy atom. The van der Waals surface area contributed by atoms with Gasteiger partial charge in [-0.25, -0.2) is 13.8 Å². The number of fused-ring (bicyclic) bond motifs is 1. The summed E-state index contributed by atoms with van der Waals surface area (Å²) in [6.45, 7) is 1.71. The number of rotatable bonds is 10. The van der Waals surface area contributed by atoms with E-state index in [-0.39, 0.29) is 23.7 Å². The maximum Gasteiger partial charge on any atom is 0.308 e. The number of likely N-dealkylation sites (tertiary alicyclic amines) is 1. The molecule has 0 spiro atoms. The molecule has 0 aliphatic carbocycles. The molecule has 0 radical (unpaired) electrons. The Hall–Kier alpha value is -2.82. The number of methoxy groups -OCH3 is 1. The van der Waals surface area contributed by atoms with Crippen molar-refractivity contribution in [2.75, 3.05) is 32.5 Å². The molecule has 4 rings (SSSR count). The summed E-state index contributed by atoms with van der Waals surface area (Å²) in [6, 6.07) is 7.99. The van der Waals surface area contributed by atoms with Gasteiger partial charge in [0.1, 0.15) is 16.6 Å². The summed E-state index contributed by atoms with van der Waals surface area (Å²) < 4.78 is 33.7. The van der Waals surface area contributed by atoms with Gasteiger partial charge in [-0.1, -0.05) is 0 Å². The number of piperidine rings is 1. The summed E-state index contributed by atoms with van der Waals surface area (Å²) in [5.74, 6) is -1.45. The molecule has 36 heavy (non-hydrogen) atoms. The Balaban J connectivity index is 1.37. The van der Waals surface area contributed by atoms with Crippen LogP contribution in [-0.4, -0.2) is 63.5 Å². The van der Waals surface area contributed by atoms with Gasteiger partial charge < -0.3 is 19.8 Å². The SMILES string of the molecule is COc1ccc2ncc(F)c(C(O)CCC3CCN(CCSc4ncccc4F)CC3C(=O)O)c2c1. The van der Waals surface area contributed by atoms with Crippen LogP contribution in [-0.2, 0) is 4.79 Å². The average Bonchev–Trinajstić information content (AvgIpc) is 2.88. The van der Waals surface area contributed by atoms with Crippen molar-refractivity contribution in [3.8, 4) is 5.75 Å². The minimum absolute atomic E-state index is 0.139. The molecule has 2 N–H and O–H groups in total. The van der Waals surface area contributed by atoms with Crippen molar-refractivity contribution in [3.63, 3.8) is 0 Å². The third-order valence-corrected chi connectivity index (χ3v) is 7.70. The van der Waals surface area contributed by atoms with Crippen LogP contribution in [0.5, 0.6) is 5.75 Å². The first-order chi connectivity index (χ1) is 17.4. The highest BCUT2D eigenvalue weighted by molar-refractivity contribution is 7.99. The summed E-state index contributed by atoms with van der Waals surface area (Å²) >= 11 is 1.31. The number of thioether (sulfide) groups is 1. The zero-order valence-electron chi connectivity index (χ0n) is 19.9. The first-order valence-electron chi connectivity index (χ1n) is 11.9. The van der Waals surface area contributed by atoms with Crippen molar-refractivity contribution in [3.05, 3.63) is 59.9 Å². The second-order valence-corrected chi connectivity index (χ2v) is 10.0. The highest BCUT2D eigenvalue weighted by Crippen LogP contribution is 2.35. The van der Waals surface area contributed by atoms with Gasteiger partial charge in [-0.15, -0.1) is 11.8 Å². The molecule has 3 aromatic rings. The van der Waals surface area contributed by atoms with E-state index >= 15 is 0 Å². The standard InChI is InChI=1S/C26H29F2N3O4S/c1-35-17-5-6-22-18(13-17)24(21(28)14-30-22)23(32)7-4-16-8-10-31(15-19(16)26(33)34)11-12-36-25-20(27)3-2-9-29-25/h2-3,5-6,9,13-14,16,19,23,32H,4,7-8,10-12,15H2,1H3,(H,33,34). The van der Waals surface area contributed by atoms with Crippen LogP contribution < -0.4 is 4.74 Å². The molecule has 0 saturated carbocycles. The average molecular weight is 518 g/mol. The zero-order valence-corrected chi connectivity index (χ0v) is 20.8. The minimum atomic E-state index is -1.10. The summed E-state index contributed by atoms with van der Waals surface area (Å²) in [5, 5.41) is 21.6. The number of aromatic nitrogens is 2. The number of hydrogen-bond donors (Lipinski definition) is 2. The zero-order chi connectivity index (χ0) is 25.7. The van der Waals surface area contributed by atoms with E-state index < -0.39 is 23.8 Å². The molecule has 2 aromatic heterocycles. The third-order valence-electron chi connectivity index (χ3n) is 6.74. The van der Waals surface area contributed by atoms with E-state index in [9.17, 15) is 23.8 Å². The first-order valence-corrected chi connectivity index (χ1v) is 12.8. The van der Waals surface area contributed by atoms with Crippen LogP contribution in [0.1, 0.15) is 30.9 Å². The second-order valence-electron chi connectivity index (χ2n) is 8.93. The van der Waals surface area contributed by atoms with Gasteiger partial charge in [-0.2, -0.15) is 0 Å². The predicted octanol–water partition coefficient (Wildman–Crippen LogP) is 4.55. The number of aliphatic carboxylic acids is 1. The predicted molar refractivity (Wildman–Crippen MR) is 133 cm³/mol. The van der Waals surface area contributed by atoms with Gasteiger partial charge in [0.05, 0.1) is 30.8 Å². The van der Waals surface area contributed by atoms with Gasteiger partial charge in [0, 0.05) is 36.0 Å². The van der Waals surface area contributed by atoms with Gasteiger partial charge in [0.25, 0.3) is 0 Å². The Morgan fingerprint density at radius 3 is 2.86 bits per heavy atom. The number of carbonyl (C=O) groups is 1. The largest absolute Gasteiger partial charge is 0.497 e. The van der Waals surface area contributed by atoms with Crippen molar-refractivity contribution in [1.82, 2.24) is 14.9 Å². The Morgan fingerprint density at radius 1 is 1.28 bits per heavy atom. The molecule has 3 atom stereocenters. The fourth-order valence-electron chi connectivity index (χ4n) is 4.80. The molecule has 192 valence electrons. The highest BCUT2D eigenvalue weighted by atomic mass is 32.2. The quantitative estimate of drug-likeness (QED) is 0.379. The van der Waals surface area contributed by atoms with Crippen molar-refractivity contribution in [2.24, 2.45) is 11.8 Å². The number of benzene rings is 1. The number of nitrogens with zero attached hydrogens (tertiary/aromatic N) is 3. The topological polar surface area (TPSA) is 95.8 Å². The molecule has 1 aliphatic rings. The maximum atomic E-state index is 14.7. The fourth-order valence-corrected chi connectivity index (χ4v) is 5.68. The molecule has 3 heterocycles. The molecular formula is C26H29F2N3O4S. The number of ether oxygens (including phenoxy) is 1. The molecule has 3 unspecified atom stereocenters. The molecule has 0 amide bonds. The lowest BCUT2D eigenvalue weighted by molar-refractivity contribution is -0.146. The third kappa shape index (κ3) is 6.11. The van der Waals surface area contributed by atoms with Crippen LogP contribution in [0, 0.1) is 23.5 Å². The molecule has 1 fully saturated rings. The summed E-state index contributed by atoms with van der Waals surface area (Å²) in [7, 11) is 1.51. The van der Waals surface area contributed by atoms with Gasteiger partial charge in [0.15, 0.2) is 5.82 Å². The smallest absolute Gasteiger partial charge is 0.308 e. The number of hydrogen-bond acceptors (Lipinski definition) is 7. The minimum Gasteiger partial charge on any atom is -0.497 e. The lowest BCUT2D eigenvalue weighted by Crippen LogP contribution is -2.44. The van der Waals surface area contributed by atoms with Crippen LogP contribution in [0.25, 0.3) is 10.9 Å². The van der Waals surface area contributed by atoms with Crippen molar-refractivity contribution in [2.45, 2.75) is 30.4 Å². The van der Waals surface area contributed by atoms with Gasteiger partial charge in [-0.05, 0) is 62.1 Å². The molecule has 1 saturated heterocycles. The molecule has 1 aromatic carbocycles. The molecule has 1 aliphatic heterocycles. The monoisotopic (exact) mass is 517 g/mol. The lowest BCUT2D eigenvalue weighted by Gasteiger charge is -2.36. The molecule has 10 heteroatoms. The first kappa shape index (κ1) is 26.2. The van der Waals surface area contributed by atoms with Crippen LogP contribution in [0.3, 0.4) is 0 Å². The maximum absolute atomic E-state index is 14.7. The van der Waals surface area contributed by atoms with Crippen molar-refractivity contribution in [1.29, 1.82) is 0 Å². The van der Waals surface area contributed by atoms with E-state index in [2.05, 4.69) is 14.9 Å². The molecule has 7 nitrogen and oxygen atoms in total. The van der Waals surface area contributed by atoms with Crippen LogP contribution in [0.15, 0.2) is 47.8 Å². The number of aliphatic hydroxyl groups is 1. The van der Waals surface area contributed by atoms with E-state index in [0.29, 0.717) is 59.9 Å². The number of pyridine rings is 2. The van der Waals surface area contributed by atoms with Crippen molar-refractivity contribution >= 4 is 28.6 Å². The molecular weight excluding hydrogens is 488 g/mol. The number of halogens is 2. The summed E-state index contributed by atoms with van der Waals surface area (Å²) in [5.41, 5.74) is 0.702. The van der Waals surface area contributed by atoms with E-state index in [1.807, 2.05) is 0 Å². The lowest BCUT2D eigenvalue weighted by atomic mass is 9.81. The Bertz CT molecular complexity index is 1220. The van der Waals surface area contributed by atoms with Crippen molar-refractivity contribution < 1.29 is 28.5 Å². The van der Waals surface area contributed by atoms with E-state index in [4.69, 9.17) is 4.74 Å². The number of carboxylic acid groups (broad SMARTS) is 1. The van der Waals surface area contributed by atoms with E-state index in [1.54, 1.807) is 30.5 Å². The van der Waals surface area contributed by atoms with Gasteiger partial charge in [-0.3, -0.25) is 9.78 Å². The molecule has 0 bridgehead atoms.